The highest BCUT2D eigenvalue weighted by Gasteiger charge is 2.29. The molecule has 0 bridgehead atoms. The molecule has 3 heterocycles. The topological polar surface area (TPSA) is 100.0 Å². The lowest BCUT2D eigenvalue weighted by Crippen LogP contribution is -2.47. The number of carbonyl (C=O) groups excluding carboxylic acids is 1. The molecule has 2 aromatic heterocycles. The third kappa shape index (κ3) is 7.51. The number of aromatic nitrogens is 3. The number of fused-ring (bicyclic) bond motifs is 1. The maximum absolute atomic E-state index is 12.9. The summed E-state index contributed by atoms with van der Waals surface area (Å²) in [5.74, 6) is 4.04. The van der Waals surface area contributed by atoms with Gasteiger partial charge in [0, 0.05) is 37.5 Å². The fraction of sp³-hybridized carbons (Fsp3) is 0.306. The first kappa shape index (κ1) is 30.8. The van der Waals surface area contributed by atoms with Gasteiger partial charge in [-0.15, -0.1) is 0 Å². The lowest BCUT2D eigenvalue weighted by Gasteiger charge is -2.34. The summed E-state index contributed by atoms with van der Waals surface area (Å²) in [5, 5.41) is 9.37. The summed E-state index contributed by atoms with van der Waals surface area (Å²) in [6.07, 6.45) is 3.14. The van der Waals surface area contributed by atoms with E-state index in [4.69, 9.17) is 29.0 Å². The van der Waals surface area contributed by atoms with Crippen LogP contribution < -0.4 is 19.5 Å². The minimum atomic E-state index is -0.560. The molecule has 238 valence electrons. The SMILES string of the molecule is COc1ccc(Cn2nc(NC3CCCN(C(=O)OC(C)(C)C)C3)c3c(Oc4cccc(Oc5ccccc5)c4)ccnc32)cc1. The van der Waals surface area contributed by atoms with Crippen LogP contribution in [0.5, 0.6) is 28.7 Å². The third-order valence-corrected chi connectivity index (χ3v) is 7.51. The molecule has 10 nitrogen and oxygen atoms in total. The van der Waals surface area contributed by atoms with E-state index in [-0.39, 0.29) is 12.1 Å². The normalized spacial score (nSPS) is 15.0. The van der Waals surface area contributed by atoms with Crippen LogP contribution in [0.1, 0.15) is 39.2 Å². The Morgan fingerprint density at radius 3 is 2.39 bits per heavy atom. The summed E-state index contributed by atoms with van der Waals surface area (Å²) in [4.78, 5) is 19.4. The standard InChI is InChI=1S/C36H39N5O5/c1-36(2,3)46-35(42)40-21-9-10-26(24-40)38-33-32-31(45-30-14-8-13-29(22-30)44-28-11-6-5-7-12-28)19-20-37-34(32)41(39-33)23-25-15-17-27(43-4)18-16-25/h5-8,11-20,22,26H,9-10,21,23-24H2,1-4H3,(H,38,39). The van der Waals surface area contributed by atoms with E-state index < -0.39 is 5.60 Å². The van der Waals surface area contributed by atoms with Crippen molar-refractivity contribution in [2.75, 3.05) is 25.5 Å². The van der Waals surface area contributed by atoms with E-state index in [9.17, 15) is 4.79 Å². The number of amides is 1. The van der Waals surface area contributed by atoms with Gasteiger partial charge in [0.1, 0.15) is 39.7 Å². The largest absolute Gasteiger partial charge is 0.497 e. The van der Waals surface area contributed by atoms with Crippen LogP contribution in [0.2, 0.25) is 0 Å². The van der Waals surface area contributed by atoms with Gasteiger partial charge in [0.2, 0.25) is 0 Å². The highest BCUT2D eigenvalue weighted by atomic mass is 16.6. The number of benzene rings is 3. The molecular weight excluding hydrogens is 582 g/mol. The van der Waals surface area contributed by atoms with Crippen molar-refractivity contribution in [1.29, 1.82) is 0 Å². The number of hydrogen-bond donors (Lipinski definition) is 1. The number of likely N-dealkylation sites (tertiary alicyclic amines) is 1. The van der Waals surface area contributed by atoms with Crippen LogP contribution in [-0.4, -0.2) is 57.6 Å². The molecule has 1 saturated heterocycles. The van der Waals surface area contributed by atoms with E-state index in [1.54, 1.807) is 18.2 Å². The molecule has 1 aliphatic heterocycles. The summed E-state index contributed by atoms with van der Waals surface area (Å²) in [7, 11) is 1.65. The van der Waals surface area contributed by atoms with Crippen molar-refractivity contribution in [3.8, 4) is 28.7 Å². The third-order valence-electron chi connectivity index (χ3n) is 7.51. The number of ether oxygens (including phenoxy) is 4. The van der Waals surface area contributed by atoms with Gasteiger partial charge in [-0.25, -0.2) is 14.5 Å². The van der Waals surface area contributed by atoms with Crippen LogP contribution in [-0.2, 0) is 11.3 Å². The Kier molecular flexibility index (Phi) is 8.96. The predicted octanol–water partition coefficient (Wildman–Crippen LogP) is 7.88. The first-order chi connectivity index (χ1) is 22.2. The van der Waals surface area contributed by atoms with Crippen LogP contribution in [0.3, 0.4) is 0 Å². The van der Waals surface area contributed by atoms with Gasteiger partial charge in [-0.05, 0) is 75.6 Å². The van der Waals surface area contributed by atoms with Crippen LogP contribution >= 0.6 is 0 Å². The van der Waals surface area contributed by atoms with Crippen molar-refractivity contribution < 1.29 is 23.7 Å². The predicted molar refractivity (Wildman–Crippen MR) is 177 cm³/mol. The smallest absolute Gasteiger partial charge is 0.410 e. The number of methoxy groups -OCH3 is 1. The first-order valence-electron chi connectivity index (χ1n) is 15.5. The number of hydrogen-bond acceptors (Lipinski definition) is 8. The highest BCUT2D eigenvalue weighted by molar-refractivity contribution is 5.93. The van der Waals surface area contributed by atoms with Crippen LogP contribution in [0.4, 0.5) is 10.6 Å². The fourth-order valence-electron chi connectivity index (χ4n) is 5.40. The molecule has 0 radical (unpaired) electrons. The zero-order valence-corrected chi connectivity index (χ0v) is 26.6. The Labute approximate surface area is 268 Å². The second kappa shape index (κ2) is 13.4. The second-order valence-corrected chi connectivity index (χ2v) is 12.3. The zero-order chi connectivity index (χ0) is 32.1. The quantitative estimate of drug-likeness (QED) is 0.177. The molecule has 0 spiro atoms. The number of nitrogens with zero attached hydrogens (tertiary/aromatic N) is 4. The maximum Gasteiger partial charge on any atom is 0.410 e. The van der Waals surface area contributed by atoms with Gasteiger partial charge >= 0.3 is 6.09 Å². The second-order valence-electron chi connectivity index (χ2n) is 12.3. The van der Waals surface area contributed by atoms with Crippen molar-refractivity contribution in [2.24, 2.45) is 0 Å². The summed E-state index contributed by atoms with van der Waals surface area (Å²) in [6.45, 7) is 7.28. The molecule has 1 aliphatic rings. The van der Waals surface area contributed by atoms with Crippen LogP contribution in [0.15, 0.2) is 91.1 Å². The molecule has 1 fully saturated rings. The zero-order valence-electron chi connectivity index (χ0n) is 26.6. The van der Waals surface area contributed by atoms with Crippen molar-refractivity contribution in [3.05, 3.63) is 96.7 Å². The minimum Gasteiger partial charge on any atom is -0.497 e. The Bertz CT molecular complexity index is 1780. The average molecular weight is 622 g/mol. The molecule has 6 rings (SSSR count). The van der Waals surface area contributed by atoms with Crippen LogP contribution in [0, 0.1) is 0 Å². The number of carbonyl (C=O) groups is 1. The molecule has 1 unspecified atom stereocenters. The van der Waals surface area contributed by atoms with E-state index in [0.717, 1.165) is 35.3 Å². The average Bonchev–Trinajstić information content (AvgIpc) is 3.38. The fourth-order valence-corrected chi connectivity index (χ4v) is 5.40. The first-order valence-corrected chi connectivity index (χ1v) is 15.5. The number of rotatable bonds is 9. The van der Waals surface area contributed by atoms with Crippen molar-refractivity contribution in [2.45, 2.75) is 51.8 Å². The maximum atomic E-state index is 12.9. The van der Waals surface area contributed by atoms with E-state index in [2.05, 4.69) is 5.32 Å². The highest BCUT2D eigenvalue weighted by Crippen LogP contribution is 2.36. The van der Waals surface area contributed by atoms with Gasteiger partial charge in [-0.3, -0.25) is 0 Å². The van der Waals surface area contributed by atoms with Gasteiger partial charge < -0.3 is 29.2 Å². The molecule has 1 N–H and O–H groups in total. The van der Waals surface area contributed by atoms with Crippen LogP contribution in [0.25, 0.3) is 11.0 Å². The molecule has 1 atom stereocenters. The number of pyridine rings is 1. The monoisotopic (exact) mass is 621 g/mol. The molecule has 5 aromatic rings. The van der Waals surface area contributed by atoms with Gasteiger partial charge in [0.05, 0.1) is 13.7 Å². The van der Waals surface area contributed by atoms with Gasteiger partial charge in [0.25, 0.3) is 0 Å². The summed E-state index contributed by atoms with van der Waals surface area (Å²) < 4.78 is 25.4. The molecule has 46 heavy (non-hydrogen) atoms. The van der Waals surface area contributed by atoms with Gasteiger partial charge in [0.15, 0.2) is 11.5 Å². The minimum absolute atomic E-state index is 0.0375. The number of nitrogens with one attached hydrogen (secondary N) is 1. The molecule has 3 aromatic carbocycles. The Hall–Kier alpha value is -5.25. The summed E-state index contributed by atoms with van der Waals surface area (Å²) >= 11 is 0. The molecule has 1 amide bonds. The molecule has 0 aliphatic carbocycles. The van der Waals surface area contributed by atoms with Gasteiger partial charge in [-0.2, -0.15) is 5.10 Å². The Morgan fingerprint density at radius 1 is 0.913 bits per heavy atom. The van der Waals surface area contributed by atoms with E-state index in [1.165, 1.54) is 0 Å². The lowest BCUT2D eigenvalue weighted by atomic mass is 10.1. The Morgan fingerprint density at radius 2 is 1.65 bits per heavy atom. The number of anilines is 1. The van der Waals surface area contributed by atoms with Gasteiger partial charge in [-0.1, -0.05) is 36.4 Å². The van der Waals surface area contributed by atoms with Crippen molar-refractivity contribution in [1.82, 2.24) is 19.7 Å². The van der Waals surface area contributed by atoms with E-state index in [0.29, 0.717) is 48.3 Å². The van der Waals surface area contributed by atoms with Crippen molar-refractivity contribution in [3.63, 3.8) is 0 Å². The lowest BCUT2D eigenvalue weighted by molar-refractivity contribution is 0.0206. The van der Waals surface area contributed by atoms with E-state index in [1.807, 2.05) is 110 Å². The molecule has 0 saturated carbocycles. The molecule has 10 heteroatoms. The summed E-state index contributed by atoms with van der Waals surface area (Å²) in [6, 6.07) is 26.8. The van der Waals surface area contributed by atoms with Crippen molar-refractivity contribution >= 4 is 22.9 Å². The summed E-state index contributed by atoms with van der Waals surface area (Å²) in [5.41, 5.74) is 1.16. The number of para-hydroxylation sites is 1. The number of piperidine rings is 1. The molecular formula is C36H39N5O5. The van der Waals surface area contributed by atoms with E-state index >= 15 is 0 Å². The Balaban J connectivity index is 1.31.